The minimum Gasteiger partial charge on any atom is -0.353 e. The predicted octanol–water partition coefficient (Wildman–Crippen LogP) is 11.4. The molecule has 0 saturated carbocycles. The molecule has 0 unspecified atom stereocenters. The van der Waals surface area contributed by atoms with E-state index in [9.17, 15) is 0 Å². The summed E-state index contributed by atoms with van der Waals surface area (Å²) < 4.78 is 3.49. The number of nitrogens with zero attached hydrogens (tertiary/aromatic N) is 1. The van der Waals surface area contributed by atoms with Crippen LogP contribution in [0.25, 0.3) is 60.4 Å². The second-order valence-electron chi connectivity index (χ2n) is 13.4. The van der Waals surface area contributed by atoms with Crippen molar-refractivity contribution in [2.24, 2.45) is 0 Å². The summed E-state index contributed by atoms with van der Waals surface area (Å²) in [5, 5.41) is 5.09. The van der Waals surface area contributed by atoms with Crippen LogP contribution in [0.3, 0.4) is 0 Å². The Hall–Kier alpha value is -3.82. The average molecular weight is 600 g/mol. The maximum atomic E-state index is 3.91. The van der Waals surface area contributed by atoms with Gasteiger partial charge >= 0.3 is 0 Å². The number of nitrogens with one attached hydrogen (secondary N) is 1. The van der Waals surface area contributed by atoms with E-state index < -0.39 is 0 Å². The molecule has 0 fully saturated rings. The fraction of sp³-hybridized carbons (Fsp3) is 0.211. The fourth-order valence-corrected chi connectivity index (χ4v) is 6.71. The molecule has 2 aromatic heterocycles. The Bertz CT molecular complexity index is 2110. The van der Waals surface area contributed by atoms with E-state index in [2.05, 4.69) is 164 Å². The van der Waals surface area contributed by atoms with E-state index in [1.54, 1.807) is 0 Å². The molecule has 2 nitrogen and oxygen atoms in total. The van der Waals surface area contributed by atoms with Crippen LogP contribution >= 0.6 is 15.9 Å². The molecule has 204 valence electrons. The van der Waals surface area contributed by atoms with Crippen molar-refractivity contribution >= 4 is 59.5 Å². The van der Waals surface area contributed by atoms with Crippen LogP contribution in [0.5, 0.6) is 0 Å². The van der Waals surface area contributed by atoms with Crippen molar-refractivity contribution in [1.82, 2.24) is 9.55 Å². The van der Waals surface area contributed by atoms with Gasteiger partial charge in [0.15, 0.2) is 0 Å². The maximum Gasteiger partial charge on any atom is 0.0609 e. The molecule has 5 aromatic carbocycles. The lowest BCUT2D eigenvalue weighted by Crippen LogP contribution is -2.11. The van der Waals surface area contributed by atoms with Gasteiger partial charge in [-0.15, -0.1) is 0 Å². The molecule has 0 aliphatic carbocycles. The lowest BCUT2D eigenvalue weighted by atomic mass is 9.83. The van der Waals surface area contributed by atoms with Gasteiger partial charge in [-0.3, -0.25) is 0 Å². The summed E-state index contributed by atoms with van der Waals surface area (Å²) in [5.74, 6) is 0. The standard InChI is InChI=1S/C38H35BrN2/c1-37(2,3)24-19-28(35-30(20-24)31-21-25(38(4,5)6)22-32(39)36(31)40-35)23-16-17-34-29(18-23)27-14-10-11-15-33(27)41(34)26-12-8-7-9-13-26/h7-22,40H,1-6H3. The number of aromatic nitrogens is 2. The van der Waals surface area contributed by atoms with Gasteiger partial charge in [0.2, 0.25) is 0 Å². The van der Waals surface area contributed by atoms with E-state index in [0.717, 1.165) is 9.99 Å². The number of hydrogen-bond acceptors (Lipinski definition) is 0. The Morgan fingerprint density at radius 2 is 1.17 bits per heavy atom. The Balaban J connectivity index is 1.55. The molecule has 0 bridgehead atoms. The molecule has 0 atom stereocenters. The molecular formula is C38H35BrN2. The van der Waals surface area contributed by atoms with Crippen molar-refractivity contribution in [3.8, 4) is 16.8 Å². The van der Waals surface area contributed by atoms with E-state index in [1.807, 2.05) is 0 Å². The van der Waals surface area contributed by atoms with Crippen LogP contribution in [0.1, 0.15) is 52.7 Å². The summed E-state index contributed by atoms with van der Waals surface area (Å²) in [6, 6.07) is 35.8. The fourth-order valence-electron chi connectivity index (χ4n) is 6.15. The third kappa shape index (κ3) is 4.21. The molecule has 0 radical (unpaired) electrons. The molecule has 1 N–H and O–H groups in total. The zero-order chi connectivity index (χ0) is 28.7. The minimum atomic E-state index is 0.0127. The SMILES string of the molecule is CC(C)(C)c1cc(Br)c2[nH]c3c(-c4ccc5c(c4)c4ccccc4n5-c4ccccc4)cc(C(C)(C)C)cc3c2c1. The van der Waals surface area contributed by atoms with E-state index in [-0.39, 0.29) is 10.8 Å². The topological polar surface area (TPSA) is 20.7 Å². The van der Waals surface area contributed by atoms with Gasteiger partial charge in [0.1, 0.15) is 0 Å². The Morgan fingerprint density at radius 1 is 0.561 bits per heavy atom. The molecule has 0 aliphatic rings. The zero-order valence-electron chi connectivity index (χ0n) is 24.6. The van der Waals surface area contributed by atoms with E-state index in [4.69, 9.17) is 0 Å². The summed E-state index contributed by atoms with van der Waals surface area (Å²) in [7, 11) is 0. The number of aromatic amines is 1. The predicted molar refractivity (Wildman–Crippen MR) is 181 cm³/mol. The largest absolute Gasteiger partial charge is 0.353 e. The van der Waals surface area contributed by atoms with Gasteiger partial charge < -0.3 is 9.55 Å². The molecule has 41 heavy (non-hydrogen) atoms. The third-order valence-corrected chi connectivity index (χ3v) is 9.12. The monoisotopic (exact) mass is 598 g/mol. The Morgan fingerprint density at radius 3 is 1.88 bits per heavy atom. The van der Waals surface area contributed by atoms with Crippen LogP contribution in [0.15, 0.2) is 102 Å². The second kappa shape index (κ2) is 9.09. The van der Waals surface area contributed by atoms with Gasteiger partial charge in [-0.1, -0.05) is 84.0 Å². The van der Waals surface area contributed by atoms with Crippen LogP contribution in [0.4, 0.5) is 0 Å². The number of H-pyrrole nitrogens is 1. The second-order valence-corrected chi connectivity index (χ2v) is 14.2. The number of rotatable bonds is 2. The lowest BCUT2D eigenvalue weighted by Gasteiger charge is -2.21. The Labute approximate surface area is 250 Å². The van der Waals surface area contributed by atoms with Crippen molar-refractivity contribution in [2.75, 3.05) is 0 Å². The van der Waals surface area contributed by atoms with Crippen molar-refractivity contribution in [3.63, 3.8) is 0 Å². The van der Waals surface area contributed by atoms with Gasteiger partial charge in [-0.05, 0) is 98.0 Å². The van der Waals surface area contributed by atoms with Crippen LogP contribution in [0.2, 0.25) is 0 Å². The molecule has 7 aromatic rings. The van der Waals surface area contributed by atoms with Gasteiger partial charge in [0, 0.05) is 37.3 Å². The molecular weight excluding hydrogens is 564 g/mol. The highest BCUT2D eigenvalue weighted by Crippen LogP contribution is 2.43. The average Bonchev–Trinajstić information content (AvgIpc) is 3.48. The molecule has 0 spiro atoms. The third-order valence-electron chi connectivity index (χ3n) is 8.50. The number of halogens is 1. The van der Waals surface area contributed by atoms with Crippen molar-refractivity contribution in [3.05, 3.63) is 113 Å². The van der Waals surface area contributed by atoms with Gasteiger partial charge in [0.25, 0.3) is 0 Å². The highest BCUT2D eigenvalue weighted by atomic mass is 79.9. The first-order valence-corrected chi connectivity index (χ1v) is 15.2. The first-order chi connectivity index (χ1) is 19.5. The van der Waals surface area contributed by atoms with Crippen LogP contribution in [0, 0.1) is 0 Å². The molecule has 0 aliphatic heterocycles. The first-order valence-electron chi connectivity index (χ1n) is 14.4. The number of benzene rings is 5. The number of hydrogen-bond donors (Lipinski definition) is 1. The molecule has 0 amide bonds. The summed E-state index contributed by atoms with van der Waals surface area (Å²) in [6.45, 7) is 13.8. The van der Waals surface area contributed by atoms with Gasteiger partial charge in [-0.2, -0.15) is 0 Å². The highest BCUT2D eigenvalue weighted by Gasteiger charge is 2.23. The quantitative estimate of drug-likeness (QED) is 0.204. The van der Waals surface area contributed by atoms with Crippen molar-refractivity contribution in [1.29, 1.82) is 0 Å². The van der Waals surface area contributed by atoms with Crippen molar-refractivity contribution in [2.45, 2.75) is 52.4 Å². The number of para-hydroxylation sites is 2. The summed E-state index contributed by atoms with van der Waals surface area (Å²) in [4.78, 5) is 3.83. The van der Waals surface area contributed by atoms with Gasteiger partial charge in [-0.25, -0.2) is 0 Å². The van der Waals surface area contributed by atoms with E-state index >= 15 is 0 Å². The summed E-state index contributed by atoms with van der Waals surface area (Å²) in [6.07, 6.45) is 0. The normalized spacial score (nSPS) is 12.8. The Kier molecular flexibility index (Phi) is 5.79. The number of fused-ring (bicyclic) bond motifs is 6. The molecule has 3 heteroatoms. The first kappa shape index (κ1) is 26.1. The molecule has 2 heterocycles. The minimum absolute atomic E-state index is 0.0127. The van der Waals surface area contributed by atoms with Gasteiger partial charge in [0.05, 0.1) is 22.1 Å². The highest BCUT2D eigenvalue weighted by molar-refractivity contribution is 9.10. The van der Waals surface area contributed by atoms with Crippen LogP contribution < -0.4 is 0 Å². The van der Waals surface area contributed by atoms with Crippen molar-refractivity contribution < 1.29 is 0 Å². The van der Waals surface area contributed by atoms with E-state index in [0.29, 0.717) is 0 Å². The molecule has 7 rings (SSSR count). The summed E-state index contributed by atoms with van der Waals surface area (Å²) >= 11 is 3.91. The van der Waals surface area contributed by atoms with E-state index in [1.165, 1.54) is 66.0 Å². The smallest absolute Gasteiger partial charge is 0.0609 e. The lowest BCUT2D eigenvalue weighted by molar-refractivity contribution is 0.590. The molecule has 0 saturated heterocycles. The van der Waals surface area contributed by atoms with Crippen LogP contribution in [-0.4, -0.2) is 9.55 Å². The van der Waals surface area contributed by atoms with Crippen LogP contribution in [-0.2, 0) is 10.8 Å². The summed E-state index contributed by atoms with van der Waals surface area (Å²) in [5.41, 5.74) is 11.2. The maximum absolute atomic E-state index is 3.91. The zero-order valence-corrected chi connectivity index (χ0v) is 26.1.